The summed E-state index contributed by atoms with van der Waals surface area (Å²) in [5.41, 5.74) is 1.18. The minimum absolute atomic E-state index is 0.616. The third-order valence-electron chi connectivity index (χ3n) is 2.91. The SMILES string of the molecule is CN=C(NCc1ccco1)N(C)Cc1ccc(Cl)cc1. The molecular formula is C15H18ClN3O. The van der Waals surface area contributed by atoms with Gasteiger partial charge in [0.15, 0.2) is 5.96 Å². The highest BCUT2D eigenvalue weighted by molar-refractivity contribution is 6.30. The first-order valence-corrected chi connectivity index (χ1v) is 6.75. The fraction of sp³-hybridized carbons (Fsp3) is 0.267. The van der Waals surface area contributed by atoms with Crippen LogP contribution >= 0.6 is 11.6 Å². The summed E-state index contributed by atoms with van der Waals surface area (Å²) in [5.74, 6) is 1.70. The molecule has 1 aromatic carbocycles. The summed E-state index contributed by atoms with van der Waals surface area (Å²) in [5, 5.41) is 4.01. The van der Waals surface area contributed by atoms with Crippen LogP contribution in [0.5, 0.6) is 0 Å². The topological polar surface area (TPSA) is 40.8 Å². The number of rotatable bonds is 4. The molecule has 0 unspecified atom stereocenters. The molecule has 1 aromatic heterocycles. The van der Waals surface area contributed by atoms with Crippen LogP contribution in [0.25, 0.3) is 0 Å². The van der Waals surface area contributed by atoms with Crippen LogP contribution in [0.4, 0.5) is 0 Å². The number of halogens is 1. The summed E-state index contributed by atoms with van der Waals surface area (Å²) in [6.45, 7) is 1.37. The monoisotopic (exact) mass is 291 g/mol. The van der Waals surface area contributed by atoms with E-state index < -0.39 is 0 Å². The summed E-state index contributed by atoms with van der Waals surface area (Å²) in [4.78, 5) is 6.31. The summed E-state index contributed by atoms with van der Waals surface area (Å²) in [7, 11) is 3.76. The Kier molecular flexibility index (Phi) is 5.07. The highest BCUT2D eigenvalue weighted by Crippen LogP contribution is 2.11. The highest BCUT2D eigenvalue weighted by atomic mass is 35.5. The van der Waals surface area contributed by atoms with Gasteiger partial charge in [-0.2, -0.15) is 0 Å². The molecule has 0 saturated heterocycles. The van der Waals surface area contributed by atoms with Crippen molar-refractivity contribution < 1.29 is 4.42 Å². The first-order chi connectivity index (χ1) is 9.69. The Morgan fingerprint density at radius 3 is 2.65 bits per heavy atom. The van der Waals surface area contributed by atoms with E-state index in [-0.39, 0.29) is 0 Å². The van der Waals surface area contributed by atoms with E-state index in [9.17, 15) is 0 Å². The van der Waals surface area contributed by atoms with E-state index in [1.54, 1.807) is 13.3 Å². The van der Waals surface area contributed by atoms with Crippen molar-refractivity contribution in [3.63, 3.8) is 0 Å². The lowest BCUT2D eigenvalue weighted by atomic mass is 10.2. The van der Waals surface area contributed by atoms with E-state index in [0.29, 0.717) is 6.54 Å². The van der Waals surface area contributed by atoms with Crippen LogP contribution in [0, 0.1) is 0 Å². The van der Waals surface area contributed by atoms with Gasteiger partial charge in [0.05, 0.1) is 12.8 Å². The normalized spacial score (nSPS) is 11.4. The fourth-order valence-electron chi connectivity index (χ4n) is 1.90. The molecule has 0 atom stereocenters. The number of benzene rings is 1. The van der Waals surface area contributed by atoms with E-state index in [1.165, 1.54) is 5.56 Å². The Labute approximate surface area is 124 Å². The summed E-state index contributed by atoms with van der Waals surface area (Å²) >= 11 is 5.88. The number of nitrogens with one attached hydrogen (secondary N) is 1. The molecule has 0 amide bonds. The number of nitrogens with zero attached hydrogens (tertiary/aromatic N) is 2. The van der Waals surface area contributed by atoms with Gasteiger partial charge in [0.2, 0.25) is 0 Å². The minimum atomic E-state index is 0.616. The van der Waals surface area contributed by atoms with Crippen LogP contribution in [0.15, 0.2) is 52.1 Å². The van der Waals surface area contributed by atoms with Crippen LogP contribution in [0.3, 0.4) is 0 Å². The van der Waals surface area contributed by atoms with Crippen LogP contribution in [0.2, 0.25) is 5.02 Å². The predicted octanol–water partition coefficient (Wildman–Crippen LogP) is 3.14. The van der Waals surface area contributed by atoms with Crippen molar-refractivity contribution in [2.24, 2.45) is 4.99 Å². The number of guanidine groups is 1. The van der Waals surface area contributed by atoms with Crippen molar-refractivity contribution in [2.45, 2.75) is 13.1 Å². The number of hydrogen-bond donors (Lipinski definition) is 1. The maximum Gasteiger partial charge on any atom is 0.194 e. The second-order valence-corrected chi connectivity index (χ2v) is 4.90. The molecule has 5 heteroatoms. The Bertz CT molecular complexity index is 549. The molecule has 0 aliphatic carbocycles. The molecule has 1 N–H and O–H groups in total. The fourth-order valence-corrected chi connectivity index (χ4v) is 2.03. The van der Waals surface area contributed by atoms with Gasteiger partial charge in [-0.1, -0.05) is 23.7 Å². The maximum absolute atomic E-state index is 5.88. The Morgan fingerprint density at radius 2 is 2.05 bits per heavy atom. The molecule has 0 aliphatic heterocycles. The molecule has 0 bridgehead atoms. The lowest BCUT2D eigenvalue weighted by Gasteiger charge is -2.21. The van der Waals surface area contributed by atoms with Gasteiger partial charge < -0.3 is 14.6 Å². The largest absolute Gasteiger partial charge is 0.467 e. The Morgan fingerprint density at radius 1 is 1.30 bits per heavy atom. The Balaban J connectivity index is 1.91. The zero-order valence-electron chi connectivity index (χ0n) is 11.6. The lowest BCUT2D eigenvalue weighted by molar-refractivity contribution is 0.459. The number of aliphatic imine (C=N–C) groups is 1. The van der Waals surface area contributed by atoms with Gasteiger partial charge in [0.25, 0.3) is 0 Å². The molecule has 20 heavy (non-hydrogen) atoms. The van der Waals surface area contributed by atoms with E-state index in [0.717, 1.165) is 23.3 Å². The number of furan rings is 1. The van der Waals surface area contributed by atoms with Crippen molar-refractivity contribution in [3.05, 3.63) is 59.0 Å². The molecule has 2 rings (SSSR count). The van der Waals surface area contributed by atoms with Crippen molar-refractivity contribution in [2.75, 3.05) is 14.1 Å². The molecule has 0 aliphatic rings. The van der Waals surface area contributed by atoms with Gasteiger partial charge in [0, 0.05) is 25.7 Å². The molecule has 0 radical (unpaired) electrons. The smallest absolute Gasteiger partial charge is 0.194 e. The van der Waals surface area contributed by atoms with Gasteiger partial charge in [-0.25, -0.2) is 0 Å². The van der Waals surface area contributed by atoms with Gasteiger partial charge in [-0.05, 0) is 29.8 Å². The van der Waals surface area contributed by atoms with Gasteiger partial charge in [-0.15, -0.1) is 0 Å². The second-order valence-electron chi connectivity index (χ2n) is 4.46. The number of hydrogen-bond acceptors (Lipinski definition) is 2. The quantitative estimate of drug-likeness (QED) is 0.695. The average Bonchev–Trinajstić information content (AvgIpc) is 2.95. The van der Waals surface area contributed by atoms with E-state index in [1.807, 2.05) is 48.3 Å². The molecule has 1 heterocycles. The summed E-state index contributed by atoms with van der Waals surface area (Å²) in [6, 6.07) is 11.6. The molecule has 0 fully saturated rings. The van der Waals surface area contributed by atoms with Gasteiger partial charge in [-0.3, -0.25) is 4.99 Å². The Hall–Kier alpha value is -1.94. The van der Waals surface area contributed by atoms with Crippen molar-refractivity contribution >= 4 is 17.6 Å². The lowest BCUT2D eigenvalue weighted by Crippen LogP contribution is -2.37. The van der Waals surface area contributed by atoms with Gasteiger partial charge >= 0.3 is 0 Å². The molecular weight excluding hydrogens is 274 g/mol. The molecule has 4 nitrogen and oxygen atoms in total. The van der Waals surface area contributed by atoms with Crippen LogP contribution in [-0.2, 0) is 13.1 Å². The van der Waals surface area contributed by atoms with E-state index in [2.05, 4.69) is 10.3 Å². The zero-order chi connectivity index (χ0) is 14.4. The molecule has 0 saturated carbocycles. The third kappa shape index (κ3) is 4.03. The van der Waals surface area contributed by atoms with Crippen LogP contribution in [-0.4, -0.2) is 25.0 Å². The summed E-state index contributed by atoms with van der Waals surface area (Å²) < 4.78 is 5.29. The summed E-state index contributed by atoms with van der Waals surface area (Å²) in [6.07, 6.45) is 1.66. The molecule has 0 spiro atoms. The average molecular weight is 292 g/mol. The van der Waals surface area contributed by atoms with Crippen molar-refractivity contribution in [3.8, 4) is 0 Å². The van der Waals surface area contributed by atoms with E-state index >= 15 is 0 Å². The standard InChI is InChI=1S/C15H18ClN3O/c1-17-15(18-10-14-4-3-9-20-14)19(2)11-12-5-7-13(16)8-6-12/h3-9H,10-11H2,1-2H3,(H,17,18). The third-order valence-corrected chi connectivity index (χ3v) is 3.16. The zero-order valence-corrected chi connectivity index (χ0v) is 12.4. The highest BCUT2D eigenvalue weighted by Gasteiger charge is 2.07. The van der Waals surface area contributed by atoms with Crippen LogP contribution in [0.1, 0.15) is 11.3 Å². The maximum atomic E-state index is 5.88. The first-order valence-electron chi connectivity index (χ1n) is 6.37. The molecule has 2 aromatic rings. The van der Waals surface area contributed by atoms with Crippen molar-refractivity contribution in [1.29, 1.82) is 0 Å². The van der Waals surface area contributed by atoms with E-state index in [4.69, 9.17) is 16.0 Å². The van der Waals surface area contributed by atoms with Crippen LogP contribution < -0.4 is 5.32 Å². The van der Waals surface area contributed by atoms with Crippen molar-refractivity contribution in [1.82, 2.24) is 10.2 Å². The second kappa shape index (κ2) is 7.01. The minimum Gasteiger partial charge on any atom is -0.467 e. The van der Waals surface area contributed by atoms with Gasteiger partial charge in [0.1, 0.15) is 5.76 Å². The predicted molar refractivity (Wildman–Crippen MR) is 81.8 cm³/mol. The molecule has 106 valence electrons. The first kappa shape index (κ1) is 14.5.